The Hall–Kier alpha value is -5.88. The van der Waals surface area contributed by atoms with Crippen LogP contribution >= 0.6 is 31.9 Å². The quantitative estimate of drug-likeness (QED) is 0.0277. The average Bonchev–Trinajstić information content (AvgIpc) is 3.46. The second kappa shape index (κ2) is 34.7. The van der Waals surface area contributed by atoms with E-state index in [0.717, 1.165) is 118 Å². The Kier molecular flexibility index (Phi) is 27.1. The van der Waals surface area contributed by atoms with Crippen molar-refractivity contribution in [3.8, 4) is 58.9 Å². The van der Waals surface area contributed by atoms with Crippen LogP contribution < -0.4 is 9.47 Å². The summed E-state index contributed by atoms with van der Waals surface area (Å²) in [5.41, 5.74) is 16.3. The van der Waals surface area contributed by atoms with Crippen LogP contribution in [0.2, 0.25) is 0 Å². The van der Waals surface area contributed by atoms with Gasteiger partial charge in [-0.05, 0) is 181 Å². The van der Waals surface area contributed by atoms with Gasteiger partial charge in [0.05, 0.1) is 0 Å². The largest absolute Gasteiger partial charge is 0.489 e. The zero-order valence-electron chi connectivity index (χ0n) is 46.1. The zero-order valence-corrected chi connectivity index (χ0v) is 49.3. The van der Waals surface area contributed by atoms with E-state index in [4.69, 9.17) is 9.47 Å². The number of unbranched alkanes of at least 4 members (excludes halogenated alkanes) is 12. The number of hydrogen-bond acceptors (Lipinski definition) is 2. The molecule has 6 rings (SSSR count). The summed E-state index contributed by atoms with van der Waals surface area (Å²) in [5, 5.41) is 1.70. The van der Waals surface area contributed by atoms with Crippen LogP contribution in [0.15, 0.2) is 121 Å². The average molecular weight is 1140 g/mol. The first-order chi connectivity index (χ1) is 37.4. The lowest BCUT2D eigenvalue weighted by Crippen LogP contribution is -1.99. The normalized spacial score (nSPS) is 10.6. The maximum atomic E-state index is 6.13. The highest BCUT2D eigenvalue weighted by atomic mass is 79.9. The maximum Gasteiger partial charge on any atom is 0.119 e. The summed E-state index contributed by atoms with van der Waals surface area (Å²) in [6, 6.07) is 42.8. The van der Waals surface area contributed by atoms with Gasteiger partial charge in [0.25, 0.3) is 0 Å². The van der Waals surface area contributed by atoms with Crippen molar-refractivity contribution in [1.29, 1.82) is 0 Å². The molecular formula is C72H80Br2O2. The fraction of sp³-hybridized carbons (Fsp3) is 0.389. The SMILES string of the molecule is CCCCCCc1cc(C#Cc2ccc(OCc3ccc(CBr)cc3)cc2)c(CCCCCC)cc1C#CC#Cc1cc(CCCCCC)c(C#Cc2ccc(OCc3ccc(CBr)cc3)cc2)cc1CCCCCC. The van der Waals surface area contributed by atoms with Gasteiger partial charge in [-0.2, -0.15) is 0 Å². The van der Waals surface area contributed by atoms with Crippen LogP contribution in [0.3, 0.4) is 0 Å². The summed E-state index contributed by atoms with van der Waals surface area (Å²) < 4.78 is 12.3. The first-order valence-corrected chi connectivity index (χ1v) is 30.8. The van der Waals surface area contributed by atoms with Crippen LogP contribution in [0, 0.1) is 47.4 Å². The lowest BCUT2D eigenvalue weighted by Gasteiger charge is -2.12. The molecule has 0 bridgehead atoms. The van der Waals surface area contributed by atoms with Crippen molar-refractivity contribution in [3.05, 3.63) is 199 Å². The summed E-state index contributed by atoms with van der Waals surface area (Å²) in [7, 11) is 0. The topological polar surface area (TPSA) is 18.5 Å². The van der Waals surface area contributed by atoms with Gasteiger partial charge in [-0.1, -0.05) is 221 Å². The monoisotopic (exact) mass is 1130 g/mol. The van der Waals surface area contributed by atoms with Crippen LogP contribution in [0.1, 0.15) is 208 Å². The lowest BCUT2D eigenvalue weighted by atomic mass is 9.92. The Morgan fingerprint density at radius 3 is 0.895 bits per heavy atom. The molecule has 0 fully saturated rings. The molecule has 0 unspecified atom stereocenters. The predicted octanol–water partition coefficient (Wildman–Crippen LogP) is 19.3. The maximum absolute atomic E-state index is 6.13. The Balaban J connectivity index is 1.28. The molecule has 0 atom stereocenters. The highest BCUT2D eigenvalue weighted by Crippen LogP contribution is 2.25. The molecule has 4 heteroatoms. The Morgan fingerprint density at radius 1 is 0.316 bits per heavy atom. The Labute approximate surface area is 476 Å². The Morgan fingerprint density at radius 2 is 0.605 bits per heavy atom. The first kappa shape index (κ1) is 59.4. The number of alkyl halides is 2. The molecule has 76 heavy (non-hydrogen) atoms. The van der Waals surface area contributed by atoms with Gasteiger partial charge in [-0.3, -0.25) is 0 Å². The van der Waals surface area contributed by atoms with Gasteiger partial charge in [-0.15, -0.1) is 0 Å². The van der Waals surface area contributed by atoms with E-state index in [1.165, 1.54) is 110 Å². The molecule has 0 aliphatic rings. The molecule has 0 radical (unpaired) electrons. The van der Waals surface area contributed by atoms with Crippen molar-refractivity contribution in [2.24, 2.45) is 0 Å². The fourth-order valence-electron chi connectivity index (χ4n) is 9.17. The molecular weight excluding hydrogens is 1060 g/mol. The minimum absolute atomic E-state index is 0.531. The van der Waals surface area contributed by atoms with Crippen LogP contribution in [0.25, 0.3) is 0 Å². The van der Waals surface area contributed by atoms with Gasteiger partial charge < -0.3 is 9.47 Å². The summed E-state index contributed by atoms with van der Waals surface area (Å²) in [6.45, 7) is 10.2. The van der Waals surface area contributed by atoms with E-state index in [1.54, 1.807) is 0 Å². The van der Waals surface area contributed by atoms with Crippen molar-refractivity contribution in [1.82, 2.24) is 0 Å². The molecule has 0 spiro atoms. The fourth-order valence-corrected chi connectivity index (χ4v) is 9.92. The number of rotatable bonds is 28. The highest BCUT2D eigenvalue weighted by Gasteiger charge is 2.11. The van der Waals surface area contributed by atoms with Gasteiger partial charge in [0.1, 0.15) is 24.7 Å². The third-order valence-electron chi connectivity index (χ3n) is 13.9. The first-order valence-electron chi connectivity index (χ1n) is 28.5. The van der Waals surface area contributed by atoms with Gasteiger partial charge in [-0.25, -0.2) is 0 Å². The Bertz CT molecular complexity index is 2730. The van der Waals surface area contributed by atoms with E-state index >= 15 is 0 Å². The van der Waals surface area contributed by atoms with Crippen molar-refractivity contribution >= 4 is 31.9 Å². The van der Waals surface area contributed by atoms with E-state index in [1.807, 2.05) is 24.3 Å². The molecule has 6 aromatic rings. The molecule has 2 nitrogen and oxygen atoms in total. The summed E-state index contributed by atoms with van der Waals surface area (Å²) >= 11 is 7.06. The van der Waals surface area contributed by atoms with Gasteiger partial charge >= 0.3 is 0 Å². The molecule has 0 heterocycles. The van der Waals surface area contributed by atoms with E-state index in [-0.39, 0.29) is 0 Å². The van der Waals surface area contributed by atoms with Crippen molar-refractivity contribution < 1.29 is 9.47 Å². The lowest BCUT2D eigenvalue weighted by molar-refractivity contribution is 0.306. The highest BCUT2D eigenvalue weighted by molar-refractivity contribution is 9.08. The van der Waals surface area contributed by atoms with Gasteiger partial charge in [0, 0.05) is 44.0 Å². The van der Waals surface area contributed by atoms with E-state index in [2.05, 4.69) is 204 Å². The number of aryl methyl sites for hydroxylation is 4. The molecule has 0 N–H and O–H groups in total. The van der Waals surface area contributed by atoms with Crippen molar-refractivity contribution in [3.63, 3.8) is 0 Å². The zero-order chi connectivity index (χ0) is 53.4. The second-order valence-electron chi connectivity index (χ2n) is 20.1. The molecule has 0 aromatic heterocycles. The third kappa shape index (κ3) is 20.9. The summed E-state index contributed by atoms with van der Waals surface area (Å²) in [6.07, 6.45) is 23.0. The predicted molar refractivity (Wildman–Crippen MR) is 330 cm³/mol. The van der Waals surface area contributed by atoms with Crippen LogP contribution in [-0.2, 0) is 49.6 Å². The minimum Gasteiger partial charge on any atom is -0.489 e. The number of ether oxygens (including phenoxy) is 2. The molecule has 6 aromatic carbocycles. The van der Waals surface area contributed by atoms with E-state index in [9.17, 15) is 0 Å². The van der Waals surface area contributed by atoms with E-state index < -0.39 is 0 Å². The standard InChI is InChI=1S/C72H80Br2O2/c1-5-9-13-17-23-63-51-69(43-37-57-39-45-71(46-40-57)75-55-61-33-29-59(53-73)30-34-61)67(25-19-15-11-7-3)49-65(63)27-21-22-28-66-50-68(26-20-16-12-8-4)70(52-64(66)24-18-14-10-6-2)44-38-58-41-47-72(48-42-58)76-56-62-35-31-60(54-74)32-36-62/h29-36,39-42,45-52H,5-20,23-26,53-56H2,1-4H3. The smallest absolute Gasteiger partial charge is 0.119 e. The summed E-state index contributed by atoms with van der Waals surface area (Å²) in [5.74, 6) is 29.9. The molecule has 0 aliphatic heterocycles. The number of halogens is 2. The van der Waals surface area contributed by atoms with Crippen LogP contribution in [0.5, 0.6) is 11.5 Å². The van der Waals surface area contributed by atoms with Crippen molar-refractivity contribution in [2.75, 3.05) is 0 Å². The minimum atomic E-state index is 0.531. The molecule has 394 valence electrons. The van der Waals surface area contributed by atoms with Crippen molar-refractivity contribution in [2.45, 2.75) is 180 Å². The van der Waals surface area contributed by atoms with Gasteiger partial charge in [0.15, 0.2) is 0 Å². The third-order valence-corrected chi connectivity index (χ3v) is 15.2. The molecule has 0 amide bonds. The summed E-state index contributed by atoms with van der Waals surface area (Å²) in [4.78, 5) is 0. The van der Waals surface area contributed by atoms with Crippen LogP contribution in [0.4, 0.5) is 0 Å². The molecule has 0 aliphatic carbocycles. The molecule has 0 saturated carbocycles. The molecule has 0 saturated heterocycles. The van der Waals surface area contributed by atoms with E-state index in [0.29, 0.717) is 13.2 Å². The number of hydrogen-bond donors (Lipinski definition) is 0. The van der Waals surface area contributed by atoms with Gasteiger partial charge in [0.2, 0.25) is 0 Å². The second-order valence-corrected chi connectivity index (χ2v) is 21.2. The van der Waals surface area contributed by atoms with Crippen LogP contribution in [-0.4, -0.2) is 0 Å². The number of benzene rings is 6.